The van der Waals surface area contributed by atoms with Crippen LogP contribution in [0, 0.1) is 0 Å². The average molecular weight is 336 g/mol. The molecule has 23 heavy (non-hydrogen) atoms. The van der Waals surface area contributed by atoms with Crippen LogP contribution in [-0.2, 0) is 17.1 Å². The molecule has 0 aliphatic carbocycles. The van der Waals surface area contributed by atoms with E-state index < -0.39 is 10.0 Å². The van der Waals surface area contributed by atoms with Crippen molar-refractivity contribution in [3.05, 3.63) is 30.5 Å². The lowest BCUT2D eigenvalue weighted by Gasteiger charge is -2.37. The molecule has 0 aromatic carbocycles. The van der Waals surface area contributed by atoms with Crippen molar-refractivity contribution in [1.29, 1.82) is 0 Å². The fourth-order valence-electron chi connectivity index (χ4n) is 2.53. The van der Waals surface area contributed by atoms with Gasteiger partial charge in [0.15, 0.2) is 5.03 Å². The van der Waals surface area contributed by atoms with Crippen molar-refractivity contribution in [2.75, 3.05) is 18.4 Å². The molecule has 1 N–H and O–H groups in total. The number of hydrogen-bond acceptors (Lipinski definition) is 6. The van der Waals surface area contributed by atoms with E-state index in [1.54, 1.807) is 29.2 Å². The minimum Gasteiger partial charge on any atom is -0.349 e. The summed E-state index contributed by atoms with van der Waals surface area (Å²) in [4.78, 5) is 12.4. The molecule has 1 aliphatic rings. The Bertz CT molecular complexity index is 781. The van der Waals surface area contributed by atoms with Crippen molar-refractivity contribution in [3.63, 3.8) is 0 Å². The number of hydrogen-bond donors (Lipinski definition) is 1. The van der Waals surface area contributed by atoms with Gasteiger partial charge in [0.2, 0.25) is 5.95 Å². The average Bonchev–Trinajstić information content (AvgIpc) is 2.86. The van der Waals surface area contributed by atoms with Gasteiger partial charge in [-0.25, -0.2) is 23.4 Å². The number of anilines is 1. The van der Waals surface area contributed by atoms with Crippen LogP contribution < -0.4 is 5.32 Å². The molecule has 3 rings (SSSR count). The molecule has 0 radical (unpaired) electrons. The van der Waals surface area contributed by atoms with Gasteiger partial charge in [-0.2, -0.15) is 4.31 Å². The van der Waals surface area contributed by atoms with Crippen LogP contribution in [0.1, 0.15) is 25.6 Å². The van der Waals surface area contributed by atoms with Gasteiger partial charge in [0.1, 0.15) is 5.82 Å². The van der Waals surface area contributed by atoms with Crippen LogP contribution in [0.3, 0.4) is 0 Å². The van der Waals surface area contributed by atoms with Crippen LogP contribution in [0.2, 0.25) is 0 Å². The van der Waals surface area contributed by atoms with Crippen LogP contribution in [0.25, 0.3) is 0 Å². The number of nitrogens with one attached hydrogen (secondary N) is 1. The highest BCUT2D eigenvalue weighted by atomic mass is 32.2. The zero-order chi connectivity index (χ0) is 16.6. The number of rotatable bonds is 5. The smallest absolute Gasteiger partial charge is 0.262 e. The van der Waals surface area contributed by atoms with Gasteiger partial charge in [-0.05, 0) is 6.07 Å². The summed E-state index contributed by atoms with van der Waals surface area (Å²) in [6.07, 6.45) is 4.86. The number of aromatic nitrogens is 4. The predicted molar refractivity (Wildman–Crippen MR) is 85.5 cm³/mol. The maximum atomic E-state index is 12.6. The summed E-state index contributed by atoms with van der Waals surface area (Å²) in [7, 11) is -1.73. The highest BCUT2D eigenvalue weighted by molar-refractivity contribution is 7.89. The third-order valence-electron chi connectivity index (χ3n) is 3.76. The van der Waals surface area contributed by atoms with Crippen molar-refractivity contribution in [2.24, 2.45) is 7.05 Å². The summed E-state index contributed by atoms with van der Waals surface area (Å²) in [5.74, 6) is 1.44. The number of aryl methyl sites for hydroxylation is 1. The molecule has 9 heteroatoms. The monoisotopic (exact) mass is 336 g/mol. The van der Waals surface area contributed by atoms with Gasteiger partial charge in [0.05, 0.1) is 6.04 Å². The second-order valence-corrected chi connectivity index (χ2v) is 7.82. The van der Waals surface area contributed by atoms with Crippen molar-refractivity contribution in [1.82, 2.24) is 23.8 Å². The minimum absolute atomic E-state index is 0.0143. The standard InChI is InChI=1S/C14H20N6O2S/c1-10(2)13-18-12(9-19(13)3)23(21,22)20-7-11(8-20)17-14-15-5-4-6-16-14/h4-6,9-11H,7-8H2,1-3H3,(H,15,16,17). The Morgan fingerprint density at radius 1 is 1.26 bits per heavy atom. The molecule has 1 fully saturated rings. The predicted octanol–water partition coefficient (Wildman–Crippen LogP) is 0.818. The second-order valence-electron chi connectivity index (χ2n) is 5.94. The molecule has 0 amide bonds. The third-order valence-corrected chi connectivity index (χ3v) is 5.46. The maximum Gasteiger partial charge on any atom is 0.262 e. The quantitative estimate of drug-likeness (QED) is 0.869. The summed E-state index contributed by atoms with van der Waals surface area (Å²) in [5.41, 5.74) is 0. The van der Waals surface area contributed by atoms with E-state index in [1.807, 2.05) is 20.9 Å². The summed E-state index contributed by atoms with van der Waals surface area (Å²) < 4.78 is 28.4. The number of nitrogens with zero attached hydrogens (tertiary/aromatic N) is 5. The van der Waals surface area contributed by atoms with Crippen molar-refractivity contribution in [3.8, 4) is 0 Å². The second kappa shape index (κ2) is 5.89. The zero-order valence-corrected chi connectivity index (χ0v) is 14.2. The highest BCUT2D eigenvalue weighted by Crippen LogP contribution is 2.24. The molecule has 3 heterocycles. The Kier molecular flexibility index (Phi) is 4.07. The SMILES string of the molecule is CC(C)c1nc(S(=O)(=O)N2CC(Nc3ncccn3)C2)cn1C. The fraction of sp³-hybridized carbons (Fsp3) is 0.500. The Labute approximate surface area is 135 Å². The third kappa shape index (κ3) is 3.06. The molecular formula is C14H20N6O2S. The zero-order valence-electron chi connectivity index (χ0n) is 13.3. The van der Waals surface area contributed by atoms with E-state index in [2.05, 4.69) is 20.3 Å². The van der Waals surface area contributed by atoms with E-state index in [1.165, 1.54) is 4.31 Å². The van der Waals surface area contributed by atoms with E-state index in [0.29, 0.717) is 19.0 Å². The van der Waals surface area contributed by atoms with Gasteiger partial charge in [0.25, 0.3) is 10.0 Å². The Morgan fingerprint density at radius 3 is 2.48 bits per heavy atom. The molecular weight excluding hydrogens is 316 g/mol. The number of imidazole rings is 1. The molecule has 0 bridgehead atoms. The van der Waals surface area contributed by atoms with Gasteiger partial charge in [0, 0.05) is 44.6 Å². The molecule has 0 atom stereocenters. The first-order valence-corrected chi connectivity index (χ1v) is 8.89. The Hall–Kier alpha value is -2.00. The van der Waals surface area contributed by atoms with Gasteiger partial charge in [-0.1, -0.05) is 13.8 Å². The minimum atomic E-state index is -3.54. The van der Waals surface area contributed by atoms with Crippen LogP contribution in [0.4, 0.5) is 5.95 Å². The Balaban J connectivity index is 1.67. The van der Waals surface area contributed by atoms with Crippen molar-refractivity contribution in [2.45, 2.75) is 30.8 Å². The molecule has 0 unspecified atom stereocenters. The first kappa shape index (κ1) is 15.9. The molecule has 2 aromatic heterocycles. The lowest BCUT2D eigenvalue weighted by atomic mass is 10.2. The summed E-state index contributed by atoms with van der Waals surface area (Å²) in [6, 6.07) is 1.75. The van der Waals surface area contributed by atoms with E-state index in [9.17, 15) is 8.42 Å². The van der Waals surface area contributed by atoms with E-state index in [0.717, 1.165) is 5.82 Å². The van der Waals surface area contributed by atoms with Gasteiger partial charge >= 0.3 is 0 Å². The van der Waals surface area contributed by atoms with Crippen LogP contribution in [0.5, 0.6) is 0 Å². The van der Waals surface area contributed by atoms with Gasteiger partial charge in [-0.15, -0.1) is 0 Å². The Morgan fingerprint density at radius 2 is 1.91 bits per heavy atom. The lowest BCUT2D eigenvalue weighted by molar-refractivity contribution is 0.279. The fourth-order valence-corrected chi connectivity index (χ4v) is 4.04. The summed E-state index contributed by atoms with van der Waals surface area (Å²) in [6.45, 7) is 4.74. The van der Waals surface area contributed by atoms with Crippen LogP contribution in [0.15, 0.2) is 29.7 Å². The van der Waals surface area contributed by atoms with E-state index >= 15 is 0 Å². The molecule has 1 aliphatic heterocycles. The first-order chi connectivity index (χ1) is 10.9. The van der Waals surface area contributed by atoms with Gasteiger partial charge < -0.3 is 9.88 Å². The van der Waals surface area contributed by atoms with Gasteiger partial charge in [-0.3, -0.25) is 0 Å². The molecule has 0 saturated carbocycles. The molecule has 124 valence electrons. The van der Waals surface area contributed by atoms with Crippen LogP contribution >= 0.6 is 0 Å². The van der Waals surface area contributed by atoms with Crippen molar-refractivity contribution >= 4 is 16.0 Å². The number of sulfonamides is 1. The normalized spacial score (nSPS) is 16.5. The summed E-state index contributed by atoms with van der Waals surface area (Å²) >= 11 is 0. The maximum absolute atomic E-state index is 12.6. The first-order valence-electron chi connectivity index (χ1n) is 7.45. The lowest BCUT2D eigenvalue weighted by Crippen LogP contribution is -2.57. The molecule has 8 nitrogen and oxygen atoms in total. The van der Waals surface area contributed by atoms with Crippen molar-refractivity contribution < 1.29 is 8.42 Å². The van der Waals surface area contributed by atoms with E-state index in [4.69, 9.17) is 0 Å². The van der Waals surface area contributed by atoms with E-state index in [-0.39, 0.29) is 17.0 Å². The molecule has 1 saturated heterocycles. The molecule has 0 spiro atoms. The summed E-state index contributed by atoms with van der Waals surface area (Å²) in [5, 5.41) is 3.22. The molecule has 2 aromatic rings. The largest absolute Gasteiger partial charge is 0.349 e. The topological polar surface area (TPSA) is 93.0 Å². The highest BCUT2D eigenvalue weighted by Gasteiger charge is 2.38. The van der Waals surface area contributed by atoms with Crippen LogP contribution in [-0.4, -0.2) is 51.4 Å².